The van der Waals surface area contributed by atoms with E-state index in [1.807, 2.05) is 0 Å². The molecule has 0 amide bonds. The first kappa shape index (κ1) is 13.1. The maximum absolute atomic E-state index is 11.9. The average molecular weight is 243 g/mol. The maximum Gasteiger partial charge on any atom is 0.253 e. The van der Waals surface area contributed by atoms with Crippen LogP contribution in [0.25, 0.3) is 0 Å². The number of hydrazine groups is 1. The van der Waals surface area contributed by atoms with Gasteiger partial charge >= 0.3 is 0 Å². The number of aryl methyl sites for hydroxylation is 1. The van der Waals surface area contributed by atoms with E-state index in [1.54, 1.807) is 39.2 Å². The molecule has 1 aromatic rings. The van der Waals surface area contributed by atoms with Gasteiger partial charge in [-0.05, 0) is 24.1 Å². The van der Waals surface area contributed by atoms with Crippen molar-refractivity contribution in [3.63, 3.8) is 0 Å². The van der Waals surface area contributed by atoms with Crippen molar-refractivity contribution >= 4 is 10.0 Å². The SMILES string of the molecule is Cc1cc(CN)ccc1S(=O)(=O)NN(C)C. The molecule has 0 fully saturated rings. The van der Waals surface area contributed by atoms with Crippen LogP contribution in [-0.4, -0.2) is 27.5 Å². The number of nitrogens with one attached hydrogen (secondary N) is 1. The van der Waals surface area contributed by atoms with Crippen LogP contribution in [0.3, 0.4) is 0 Å². The summed E-state index contributed by atoms with van der Waals surface area (Å²) in [6.45, 7) is 2.16. The van der Waals surface area contributed by atoms with Crippen molar-refractivity contribution in [2.24, 2.45) is 5.73 Å². The molecule has 3 N–H and O–H groups in total. The molecule has 16 heavy (non-hydrogen) atoms. The molecule has 0 radical (unpaired) electrons. The molecule has 6 heteroatoms. The Kier molecular flexibility index (Phi) is 4.03. The van der Waals surface area contributed by atoms with E-state index in [9.17, 15) is 8.42 Å². The van der Waals surface area contributed by atoms with Gasteiger partial charge in [0, 0.05) is 20.6 Å². The van der Waals surface area contributed by atoms with Crippen LogP contribution in [0.2, 0.25) is 0 Å². The lowest BCUT2D eigenvalue weighted by atomic mass is 10.1. The van der Waals surface area contributed by atoms with Crippen LogP contribution < -0.4 is 10.6 Å². The van der Waals surface area contributed by atoms with Gasteiger partial charge in [0.25, 0.3) is 10.0 Å². The summed E-state index contributed by atoms with van der Waals surface area (Å²) in [7, 11) is -0.228. The largest absolute Gasteiger partial charge is 0.326 e. The molecular formula is C10H17N3O2S. The lowest BCUT2D eigenvalue weighted by molar-refractivity contribution is 0.364. The summed E-state index contributed by atoms with van der Waals surface area (Å²) in [5, 5.41) is 1.39. The van der Waals surface area contributed by atoms with Crippen LogP contribution in [0.1, 0.15) is 11.1 Å². The van der Waals surface area contributed by atoms with Gasteiger partial charge in [-0.3, -0.25) is 0 Å². The van der Waals surface area contributed by atoms with Crippen molar-refractivity contribution < 1.29 is 8.42 Å². The number of hydrogen-bond acceptors (Lipinski definition) is 4. The van der Waals surface area contributed by atoms with Crippen molar-refractivity contribution in [2.45, 2.75) is 18.4 Å². The Hall–Kier alpha value is -0.950. The molecule has 0 unspecified atom stereocenters. The lowest BCUT2D eigenvalue weighted by Crippen LogP contribution is -2.36. The summed E-state index contributed by atoms with van der Waals surface area (Å²) >= 11 is 0. The topological polar surface area (TPSA) is 75.4 Å². The van der Waals surface area contributed by atoms with Gasteiger partial charge in [0.1, 0.15) is 0 Å². The van der Waals surface area contributed by atoms with Gasteiger partial charge < -0.3 is 5.73 Å². The standard InChI is InChI=1S/C10H17N3O2S/c1-8-6-9(7-11)4-5-10(8)16(14,15)12-13(2)3/h4-6,12H,7,11H2,1-3H3. The second-order valence-corrected chi connectivity index (χ2v) is 5.42. The van der Waals surface area contributed by atoms with Gasteiger partial charge in [0.2, 0.25) is 0 Å². The summed E-state index contributed by atoms with van der Waals surface area (Å²) in [5.74, 6) is 0. The molecule has 0 saturated heterocycles. The molecule has 0 saturated carbocycles. The number of benzene rings is 1. The van der Waals surface area contributed by atoms with Crippen molar-refractivity contribution in [1.29, 1.82) is 0 Å². The molecule has 1 aromatic carbocycles. The zero-order valence-corrected chi connectivity index (χ0v) is 10.5. The minimum atomic E-state index is -3.48. The Bertz CT molecular complexity index is 469. The number of nitrogens with two attached hydrogens (primary N) is 1. The Morgan fingerprint density at radius 3 is 2.44 bits per heavy atom. The monoisotopic (exact) mass is 243 g/mol. The predicted molar refractivity (Wildman–Crippen MR) is 63.1 cm³/mol. The van der Waals surface area contributed by atoms with Crippen LogP contribution in [-0.2, 0) is 16.6 Å². The highest BCUT2D eigenvalue weighted by Gasteiger charge is 2.17. The van der Waals surface area contributed by atoms with Crippen molar-refractivity contribution in [2.75, 3.05) is 14.1 Å². The summed E-state index contributed by atoms with van der Waals surface area (Å²) in [5.41, 5.74) is 7.10. The Balaban J connectivity index is 3.14. The number of sulfonamides is 1. The summed E-state index contributed by atoms with van der Waals surface area (Å²) < 4.78 is 23.8. The molecule has 0 atom stereocenters. The first-order valence-corrected chi connectivity index (χ1v) is 6.34. The molecule has 90 valence electrons. The third-order valence-corrected chi connectivity index (χ3v) is 3.71. The fourth-order valence-electron chi connectivity index (χ4n) is 1.43. The number of nitrogens with zero attached hydrogens (tertiary/aromatic N) is 1. The summed E-state index contributed by atoms with van der Waals surface area (Å²) in [4.78, 5) is 2.66. The third-order valence-electron chi connectivity index (χ3n) is 2.07. The quantitative estimate of drug-likeness (QED) is 0.741. The smallest absolute Gasteiger partial charge is 0.253 e. The second-order valence-electron chi connectivity index (χ2n) is 3.79. The van der Waals surface area contributed by atoms with Gasteiger partial charge in [0.05, 0.1) is 4.90 Å². The molecule has 0 aliphatic carbocycles. The van der Waals surface area contributed by atoms with Crippen molar-refractivity contribution in [3.05, 3.63) is 29.3 Å². The second kappa shape index (κ2) is 4.92. The van der Waals surface area contributed by atoms with E-state index in [0.29, 0.717) is 12.1 Å². The zero-order chi connectivity index (χ0) is 12.3. The number of rotatable bonds is 4. The van der Waals surface area contributed by atoms with Crippen LogP contribution in [0.5, 0.6) is 0 Å². The van der Waals surface area contributed by atoms with Crippen LogP contribution in [0.15, 0.2) is 23.1 Å². The molecule has 0 heterocycles. The van der Waals surface area contributed by atoms with Crippen LogP contribution in [0.4, 0.5) is 0 Å². The molecule has 1 rings (SSSR count). The van der Waals surface area contributed by atoms with E-state index < -0.39 is 10.0 Å². The predicted octanol–water partition coefficient (Wildman–Crippen LogP) is 0.209. The van der Waals surface area contributed by atoms with E-state index in [0.717, 1.165) is 5.56 Å². The van der Waals surface area contributed by atoms with E-state index in [-0.39, 0.29) is 4.90 Å². The summed E-state index contributed by atoms with van der Waals surface area (Å²) in [6, 6.07) is 5.07. The van der Waals surface area contributed by atoms with E-state index in [2.05, 4.69) is 4.83 Å². The Morgan fingerprint density at radius 1 is 1.38 bits per heavy atom. The Morgan fingerprint density at radius 2 is 2.00 bits per heavy atom. The molecule has 0 spiro atoms. The fraction of sp³-hybridized carbons (Fsp3) is 0.400. The van der Waals surface area contributed by atoms with Crippen molar-refractivity contribution in [3.8, 4) is 0 Å². The van der Waals surface area contributed by atoms with Gasteiger partial charge in [-0.2, -0.15) is 0 Å². The third kappa shape index (κ3) is 3.02. The number of hydrogen-bond donors (Lipinski definition) is 2. The zero-order valence-electron chi connectivity index (χ0n) is 9.69. The summed E-state index contributed by atoms with van der Waals surface area (Å²) in [6.07, 6.45) is 0. The minimum absolute atomic E-state index is 0.276. The van der Waals surface area contributed by atoms with Gasteiger partial charge in [-0.1, -0.05) is 12.1 Å². The van der Waals surface area contributed by atoms with E-state index in [4.69, 9.17) is 5.73 Å². The highest BCUT2D eigenvalue weighted by Crippen LogP contribution is 2.16. The first-order chi connectivity index (χ1) is 7.36. The van der Waals surface area contributed by atoms with Crippen LogP contribution in [0, 0.1) is 6.92 Å². The van der Waals surface area contributed by atoms with Gasteiger partial charge in [0.15, 0.2) is 0 Å². The minimum Gasteiger partial charge on any atom is -0.326 e. The highest BCUT2D eigenvalue weighted by molar-refractivity contribution is 7.89. The molecule has 5 nitrogen and oxygen atoms in total. The normalized spacial score (nSPS) is 12.1. The van der Waals surface area contributed by atoms with Crippen LogP contribution >= 0.6 is 0 Å². The van der Waals surface area contributed by atoms with Gasteiger partial charge in [-0.15, -0.1) is 4.83 Å². The first-order valence-electron chi connectivity index (χ1n) is 4.86. The molecular weight excluding hydrogens is 226 g/mol. The molecule has 0 aliphatic heterocycles. The van der Waals surface area contributed by atoms with Crippen molar-refractivity contribution in [1.82, 2.24) is 9.84 Å². The van der Waals surface area contributed by atoms with E-state index >= 15 is 0 Å². The molecule has 0 aromatic heterocycles. The molecule has 0 bridgehead atoms. The average Bonchev–Trinajstić information content (AvgIpc) is 2.14. The van der Waals surface area contributed by atoms with E-state index in [1.165, 1.54) is 5.01 Å². The lowest BCUT2D eigenvalue weighted by Gasteiger charge is -2.14. The highest BCUT2D eigenvalue weighted by atomic mass is 32.2. The van der Waals surface area contributed by atoms with Gasteiger partial charge in [-0.25, -0.2) is 13.4 Å². The fourth-order valence-corrected chi connectivity index (χ4v) is 2.74. The Labute approximate surface area is 96.3 Å². The molecule has 0 aliphatic rings. The maximum atomic E-state index is 11.9.